The number of nitrogens with one attached hydrogen (secondary N) is 1. The van der Waals surface area contributed by atoms with E-state index in [2.05, 4.69) is 19.2 Å². The smallest absolute Gasteiger partial charge is 0.227 e. The van der Waals surface area contributed by atoms with E-state index in [0.717, 1.165) is 11.4 Å². The predicted molar refractivity (Wildman–Crippen MR) is 129 cm³/mol. The summed E-state index contributed by atoms with van der Waals surface area (Å²) >= 11 is 12.9. The molecule has 2 aromatic carbocycles. The van der Waals surface area contributed by atoms with Gasteiger partial charge in [-0.3, -0.25) is 14.5 Å². The van der Waals surface area contributed by atoms with Crippen LogP contribution in [-0.4, -0.2) is 18.8 Å². The van der Waals surface area contributed by atoms with Crippen LogP contribution in [0.1, 0.15) is 51.6 Å². The number of anilines is 2. The van der Waals surface area contributed by atoms with E-state index in [-0.39, 0.29) is 23.5 Å². The standard InChI is InChI=1S/C25H26Cl2N2O3/c1-5-21(31)29-19-9-7-6-8-17(19)28-18-12-25(2,3)13-20(30)22(18)23(29)15-10-14(26)11-16(27)24(15)32-4/h6-11,23,28H,5,12-13H2,1-4H3/t23-/m1/s1. The van der Waals surface area contributed by atoms with Gasteiger partial charge in [-0.15, -0.1) is 0 Å². The Balaban J connectivity index is 2.09. The van der Waals surface area contributed by atoms with Crippen LogP contribution in [0.4, 0.5) is 11.4 Å². The van der Waals surface area contributed by atoms with Crippen molar-refractivity contribution in [3.8, 4) is 5.75 Å². The predicted octanol–water partition coefficient (Wildman–Crippen LogP) is 6.56. The number of carbonyl (C=O) groups excluding carboxylic acids is 2. The van der Waals surface area contributed by atoms with Crippen molar-refractivity contribution in [3.63, 3.8) is 0 Å². The molecule has 2 aliphatic rings. The minimum atomic E-state index is -0.719. The van der Waals surface area contributed by atoms with Crippen molar-refractivity contribution in [1.29, 1.82) is 0 Å². The van der Waals surface area contributed by atoms with E-state index >= 15 is 0 Å². The molecule has 32 heavy (non-hydrogen) atoms. The van der Waals surface area contributed by atoms with Gasteiger partial charge in [0.1, 0.15) is 5.75 Å². The highest BCUT2D eigenvalue weighted by atomic mass is 35.5. The Morgan fingerprint density at radius 3 is 2.62 bits per heavy atom. The highest BCUT2D eigenvalue weighted by Gasteiger charge is 2.44. The Labute approximate surface area is 198 Å². The van der Waals surface area contributed by atoms with Gasteiger partial charge < -0.3 is 10.1 Å². The third-order valence-corrected chi connectivity index (χ3v) is 6.51. The lowest BCUT2D eigenvalue weighted by Crippen LogP contribution is -2.39. The Hall–Kier alpha value is -2.50. The van der Waals surface area contributed by atoms with Gasteiger partial charge in [0.15, 0.2) is 5.78 Å². The number of benzene rings is 2. The van der Waals surface area contributed by atoms with Crippen LogP contribution in [0.3, 0.4) is 0 Å². The van der Waals surface area contributed by atoms with E-state index < -0.39 is 6.04 Å². The zero-order chi connectivity index (χ0) is 23.2. The fourth-order valence-corrected chi connectivity index (χ4v) is 5.31. The van der Waals surface area contributed by atoms with Crippen LogP contribution >= 0.6 is 23.2 Å². The number of para-hydroxylation sites is 2. The molecule has 1 atom stereocenters. The normalized spacial score (nSPS) is 19.6. The molecule has 1 heterocycles. The highest BCUT2D eigenvalue weighted by molar-refractivity contribution is 6.35. The van der Waals surface area contributed by atoms with Gasteiger partial charge in [0.25, 0.3) is 0 Å². The number of halogens is 2. The van der Waals surface area contributed by atoms with Gasteiger partial charge in [-0.1, -0.05) is 56.1 Å². The summed E-state index contributed by atoms with van der Waals surface area (Å²) in [7, 11) is 1.52. The first-order valence-electron chi connectivity index (χ1n) is 10.6. The first-order valence-corrected chi connectivity index (χ1v) is 11.4. The fraction of sp³-hybridized carbons (Fsp3) is 0.360. The molecular formula is C25H26Cl2N2O3. The number of allylic oxidation sites excluding steroid dienone is 1. The summed E-state index contributed by atoms with van der Waals surface area (Å²) in [6, 6.07) is 10.2. The molecular weight excluding hydrogens is 447 g/mol. The molecule has 4 rings (SSSR count). The lowest BCUT2D eigenvalue weighted by Gasteiger charge is -2.37. The summed E-state index contributed by atoms with van der Waals surface area (Å²) in [6.07, 6.45) is 1.32. The molecule has 0 fully saturated rings. The van der Waals surface area contributed by atoms with Crippen molar-refractivity contribution >= 4 is 46.3 Å². The van der Waals surface area contributed by atoms with Crippen molar-refractivity contribution < 1.29 is 14.3 Å². The first-order chi connectivity index (χ1) is 15.2. The van der Waals surface area contributed by atoms with Crippen LogP contribution in [-0.2, 0) is 9.59 Å². The number of nitrogens with zero attached hydrogens (tertiary/aromatic N) is 1. The van der Waals surface area contributed by atoms with E-state index in [4.69, 9.17) is 27.9 Å². The second-order valence-corrected chi connectivity index (χ2v) is 9.85. The molecule has 168 valence electrons. The third-order valence-electron chi connectivity index (χ3n) is 6.01. The molecule has 1 N–H and O–H groups in total. The Morgan fingerprint density at radius 1 is 1.22 bits per heavy atom. The largest absolute Gasteiger partial charge is 0.495 e. The monoisotopic (exact) mass is 472 g/mol. The third kappa shape index (κ3) is 3.89. The van der Waals surface area contributed by atoms with Crippen LogP contribution < -0.4 is 15.0 Å². The van der Waals surface area contributed by atoms with Gasteiger partial charge in [0.05, 0.1) is 29.5 Å². The number of fused-ring (bicyclic) bond motifs is 1. The van der Waals surface area contributed by atoms with Crippen LogP contribution in [0.25, 0.3) is 0 Å². The Morgan fingerprint density at radius 2 is 1.94 bits per heavy atom. The molecule has 0 saturated heterocycles. The summed E-state index contributed by atoms with van der Waals surface area (Å²) in [4.78, 5) is 28.7. The number of ether oxygens (including phenoxy) is 1. The van der Waals surface area contributed by atoms with Gasteiger partial charge in [-0.2, -0.15) is 0 Å². The Kier molecular flexibility index (Phi) is 5.99. The van der Waals surface area contributed by atoms with Crippen molar-refractivity contribution in [1.82, 2.24) is 0 Å². The molecule has 0 saturated carbocycles. The maximum Gasteiger partial charge on any atom is 0.227 e. The number of rotatable bonds is 3. The summed E-state index contributed by atoms with van der Waals surface area (Å²) in [5.41, 5.74) is 3.23. The van der Waals surface area contributed by atoms with E-state index in [1.165, 1.54) is 7.11 Å². The maximum absolute atomic E-state index is 13.6. The zero-order valence-corrected chi connectivity index (χ0v) is 20.1. The van der Waals surface area contributed by atoms with Crippen LogP contribution in [0.15, 0.2) is 47.7 Å². The highest BCUT2D eigenvalue weighted by Crippen LogP contribution is 2.51. The lowest BCUT2D eigenvalue weighted by molar-refractivity contribution is -0.119. The Bertz CT molecular complexity index is 1140. The number of carbonyl (C=O) groups is 2. The van der Waals surface area contributed by atoms with E-state index in [9.17, 15) is 9.59 Å². The van der Waals surface area contributed by atoms with Crippen molar-refractivity contribution in [2.24, 2.45) is 5.41 Å². The molecule has 1 amide bonds. The summed E-state index contributed by atoms with van der Waals surface area (Å²) in [6.45, 7) is 5.96. The van der Waals surface area contributed by atoms with Crippen LogP contribution in [0.2, 0.25) is 10.0 Å². The fourth-order valence-electron chi connectivity index (χ4n) is 4.73. The molecule has 1 aliphatic heterocycles. The van der Waals surface area contributed by atoms with Gasteiger partial charge in [0, 0.05) is 34.7 Å². The molecule has 5 nitrogen and oxygen atoms in total. The minimum Gasteiger partial charge on any atom is -0.495 e. The van der Waals surface area contributed by atoms with Crippen molar-refractivity contribution in [2.45, 2.75) is 46.1 Å². The average Bonchev–Trinajstić information content (AvgIpc) is 2.86. The van der Waals surface area contributed by atoms with Crippen molar-refractivity contribution in [2.75, 3.05) is 17.3 Å². The topological polar surface area (TPSA) is 58.6 Å². The SMILES string of the molecule is CCC(=O)N1c2ccccc2NC2=C(C(=O)CC(C)(C)C2)[C@H]1c1cc(Cl)cc(Cl)c1OC. The quantitative estimate of drug-likeness (QED) is 0.549. The second kappa shape index (κ2) is 8.45. The summed E-state index contributed by atoms with van der Waals surface area (Å²) < 4.78 is 5.65. The maximum atomic E-state index is 13.6. The van der Waals surface area contributed by atoms with Gasteiger partial charge in [-0.25, -0.2) is 0 Å². The van der Waals surface area contributed by atoms with Gasteiger partial charge >= 0.3 is 0 Å². The molecule has 0 radical (unpaired) electrons. The lowest BCUT2D eigenvalue weighted by atomic mass is 9.73. The number of amides is 1. The number of hydrogen-bond donors (Lipinski definition) is 1. The molecule has 7 heteroatoms. The number of hydrogen-bond acceptors (Lipinski definition) is 4. The van der Waals surface area contributed by atoms with E-state index in [1.54, 1.807) is 17.0 Å². The summed E-state index contributed by atoms with van der Waals surface area (Å²) in [5.74, 6) is 0.279. The second-order valence-electron chi connectivity index (χ2n) is 9.01. The minimum absolute atomic E-state index is 0.00592. The first kappa shape index (κ1) is 22.7. The number of methoxy groups -OCH3 is 1. The zero-order valence-electron chi connectivity index (χ0n) is 18.6. The van der Waals surface area contributed by atoms with E-state index in [0.29, 0.717) is 45.5 Å². The van der Waals surface area contributed by atoms with E-state index in [1.807, 2.05) is 31.2 Å². The number of Topliss-reactive ketones (excluding diaryl/α,β-unsaturated/α-hetero) is 1. The molecule has 0 spiro atoms. The average molecular weight is 473 g/mol. The summed E-state index contributed by atoms with van der Waals surface area (Å²) in [5, 5.41) is 4.22. The van der Waals surface area contributed by atoms with Gasteiger partial charge in [0.2, 0.25) is 5.91 Å². The molecule has 0 aromatic heterocycles. The molecule has 2 aromatic rings. The molecule has 1 aliphatic carbocycles. The van der Waals surface area contributed by atoms with Gasteiger partial charge in [-0.05, 0) is 36.1 Å². The molecule has 0 bridgehead atoms. The van der Waals surface area contributed by atoms with Crippen molar-refractivity contribution in [3.05, 3.63) is 63.3 Å². The number of ketones is 1. The van der Waals surface area contributed by atoms with Crippen LogP contribution in [0, 0.1) is 5.41 Å². The molecule has 0 unspecified atom stereocenters. The van der Waals surface area contributed by atoms with Crippen LogP contribution in [0.5, 0.6) is 5.75 Å².